The molecule has 1 heterocycles. The molecule has 124 valence electrons. The van der Waals surface area contributed by atoms with Crippen molar-refractivity contribution in [2.75, 3.05) is 27.9 Å². The summed E-state index contributed by atoms with van der Waals surface area (Å²) in [4.78, 5) is 13.2. The Bertz CT molecular complexity index is 657. The van der Waals surface area contributed by atoms with Crippen molar-refractivity contribution in [3.05, 3.63) is 40.1 Å². The van der Waals surface area contributed by atoms with Gasteiger partial charge in [-0.2, -0.15) is 0 Å². The molecule has 0 saturated heterocycles. The zero-order valence-corrected chi connectivity index (χ0v) is 14.0. The molecule has 1 aromatic carbocycles. The smallest absolute Gasteiger partial charge is 0.255 e. The van der Waals surface area contributed by atoms with Crippen LogP contribution in [0.25, 0.3) is 0 Å². The highest BCUT2D eigenvalue weighted by Crippen LogP contribution is 2.39. The van der Waals surface area contributed by atoms with Crippen molar-refractivity contribution in [2.24, 2.45) is 0 Å². The molecule has 0 spiro atoms. The fourth-order valence-corrected chi connectivity index (χ4v) is 2.86. The third-order valence-electron chi connectivity index (χ3n) is 3.28. The van der Waals surface area contributed by atoms with Gasteiger partial charge in [-0.15, -0.1) is 11.3 Å². The maximum absolute atomic E-state index is 12.4. The molecule has 6 nitrogen and oxygen atoms in total. The summed E-state index contributed by atoms with van der Waals surface area (Å²) in [7, 11) is 4.44. The predicted octanol–water partition coefficient (Wildman–Crippen LogP) is 2.24. The lowest BCUT2D eigenvalue weighted by Crippen LogP contribution is -2.28. The van der Waals surface area contributed by atoms with Crippen LogP contribution >= 0.6 is 11.3 Å². The summed E-state index contributed by atoms with van der Waals surface area (Å²) in [6.45, 7) is 0.108. The maximum Gasteiger partial charge on any atom is 0.255 e. The van der Waals surface area contributed by atoms with Crippen LogP contribution < -0.4 is 19.5 Å². The quantitative estimate of drug-likeness (QED) is 0.810. The Hall–Kier alpha value is -2.25. The van der Waals surface area contributed by atoms with Crippen molar-refractivity contribution < 1.29 is 24.1 Å². The van der Waals surface area contributed by atoms with Gasteiger partial charge in [0.2, 0.25) is 5.75 Å². The normalized spacial score (nSPS) is 11.7. The minimum atomic E-state index is -0.745. The number of carbonyl (C=O) groups excluding carboxylic acids is 1. The molecule has 1 unspecified atom stereocenters. The molecule has 7 heteroatoms. The highest BCUT2D eigenvalue weighted by Gasteiger charge is 2.21. The lowest BCUT2D eigenvalue weighted by Gasteiger charge is -2.16. The molecule has 0 aliphatic rings. The van der Waals surface area contributed by atoms with Crippen molar-refractivity contribution in [2.45, 2.75) is 6.10 Å². The number of hydrogen-bond acceptors (Lipinski definition) is 6. The second-order valence-corrected chi connectivity index (χ2v) is 5.60. The first-order valence-electron chi connectivity index (χ1n) is 6.91. The van der Waals surface area contributed by atoms with Crippen LogP contribution in [0.4, 0.5) is 0 Å². The van der Waals surface area contributed by atoms with Gasteiger partial charge >= 0.3 is 0 Å². The van der Waals surface area contributed by atoms with Crippen LogP contribution in [0.15, 0.2) is 29.6 Å². The second-order valence-electron chi connectivity index (χ2n) is 4.62. The Kier molecular flexibility index (Phi) is 5.84. The van der Waals surface area contributed by atoms with Crippen LogP contribution in [-0.2, 0) is 0 Å². The topological polar surface area (TPSA) is 77.0 Å². The average Bonchev–Trinajstić information content (AvgIpc) is 3.12. The number of thiophene rings is 1. The first-order chi connectivity index (χ1) is 11.1. The van der Waals surface area contributed by atoms with E-state index in [2.05, 4.69) is 5.32 Å². The third-order valence-corrected chi connectivity index (χ3v) is 4.25. The van der Waals surface area contributed by atoms with Crippen molar-refractivity contribution in [1.82, 2.24) is 5.32 Å². The summed E-state index contributed by atoms with van der Waals surface area (Å²) in [5.41, 5.74) is 0.309. The lowest BCUT2D eigenvalue weighted by molar-refractivity contribution is 0.0914. The van der Waals surface area contributed by atoms with E-state index in [9.17, 15) is 9.90 Å². The number of nitrogens with one attached hydrogen (secondary N) is 1. The standard InChI is InChI=1S/C16H19NO5S/c1-20-12-7-6-10(14(21-2)15(12)22-3)16(19)17-9-11(18)13-5-4-8-23-13/h4-8,11,18H,9H2,1-3H3,(H,17,19). The molecule has 0 aliphatic carbocycles. The number of rotatable bonds is 7. The molecule has 0 radical (unpaired) electrons. The van der Waals surface area contributed by atoms with Crippen LogP contribution in [0.5, 0.6) is 17.2 Å². The van der Waals surface area contributed by atoms with Gasteiger partial charge in [0.15, 0.2) is 11.5 Å². The molecule has 1 aromatic heterocycles. The number of carbonyl (C=O) groups is 1. The summed E-state index contributed by atoms with van der Waals surface area (Å²) in [5, 5.41) is 14.6. The molecular weight excluding hydrogens is 318 g/mol. The fourth-order valence-electron chi connectivity index (χ4n) is 2.15. The zero-order chi connectivity index (χ0) is 16.8. The number of ether oxygens (including phenoxy) is 3. The van der Waals surface area contributed by atoms with Gasteiger partial charge in [-0.1, -0.05) is 6.07 Å². The Morgan fingerprint density at radius 2 is 1.91 bits per heavy atom. The summed E-state index contributed by atoms with van der Waals surface area (Å²) < 4.78 is 15.7. The van der Waals surface area contributed by atoms with E-state index in [-0.39, 0.29) is 18.2 Å². The van der Waals surface area contributed by atoms with E-state index in [0.29, 0.717) is 17.1 Å². The first-order valence-corrected chi connectivity index (χ1v) is 7.79. The minimum Gasteiger partial charge on any atom is -0.493 e. The Balaban J connectivity index is 2.15. The molecular formula is C16H19NO5S. The number of methoxy groups -OCH3 is 3. The van der Waals surface area contributed by atoms with Crippen molar-refractivity contribution >= 4 is 17.2 Å². The van der Waals surface area contributed by atoms with Crippen molar-refractivity contribution in [3.8, 4) is 17.2 Å². The number of hydrogen-bond donors (Lipinski definition) is 2. The third kappa shape index (κ3) is 3.75. The Morgan fingerprint density at radius 3 is 2.48 bits per heavy atom. The number of aliphatic hydroxyl groups is 1. The van der Waals surface area contributed by atoms with E-state index < -0.39 is 6.10 Å². The van der Waals surface area contributed by atoms with E-state index in [0.717, 1.165) is 4.88 Å². The average molecular weight is 337 g/mol. The van der Waals surface area contributed by atoms with E-state index in [1.54, 1.807) is 12.1 Å². The van der Waals surface area contributed by atoms with E-state index in [1.165, 1.54) is 32.7 Å². The number of amides is 1. The monoisotopic (exact) mass is 337 g/mol. The largest absolute Gasteiger partial charge is 0.493 e. The van der Waals surface area contributed by atoms with Gasteiger partial charge in [-0.05, 0) is 23.6 Å². The van der Waals surface area contributed by atoms with Crippen LogP contribution in [0.2, 0.25) is 0 Å². The highest BCUT2D eigenvalue weighted by atomic mass is 32.1. The summed E-state index contributed by atoms with van der Waals surface area (Å²) in [6, 6.07) is 6.89. The summed E-state index contributed by atoms with van der Waals surface area (Å²) >= 11 is 1.43. The predicted molar refractivity (Wildman–Crippen MR) is 87.7 cm³/mol. The molecule has 1 amide bonds. The highest BCUT2D eigenvalue weighted by molar-refractivity contribution is 7.10. The van der Waals surface area contributed by atoms with Gasteiger partial charge < -0.3 is 24.6 Å². The molecule has 1 atom stereocenters. The molecule has 2 N–H and O–H groups in total. The van der Waals surface area contributed by atoms with Crippen LogP contribution in [0.3, 0.4) is 0 Å². The number of aliphatic hydroxyl groups excluding tert-OH is 1. The Morgan fingerprint density at radius 1 is 1.17 bits per heavy atom. The molecule has 0 aliphatic heterocycles. The molecule has 0 fully saturated rings. The van der Waals surface area contributed by atoms with Gasteiger partial charge in [0.1, 0.15) is 6.10 Å². The van der Waals surface area contributed by atoms with E-state index in [4.69, 9.17) is 14.2 Å². The molecule has 2 aromatic rings. The van der Waals surface area contributed by atoms with Gasteiger partial charge in [0.05, 0.1) is 26.9 Å². The summed E-state index contributed by atoms with van der Waals surface area (Å²) in [6.07, 6.45) is -0.745. The second kappa shape index (κ2) is 7.85. The van der Waals surface area contributed by atoms with Crippen LogP contribution in [0.1, 0.15) is 21.3 Å². The Labute approximate surface area is 138 Å². The van der Waals surface area contributed by atoms with Gasteiger partial charge in [-0.3, -0.25) is 4.79 Å². The van der Waals surface area contributed by atoms with Crippen molar-refractivity contribution in [1.29, 1.82) is 0 Å². The van der Waals surface area contributed by atoms with Gasteiger partial charge in [0.25, 0.3) is 5.91 Å². The minimum absolute atomic E-state index is 0.108. The number of benzene rings is 1. The van der Waals surface area contributed by atoms with Crippen LogP contribution in [-0.4, -0.2) is 38.9 Å². The molecule has 2 rings (SSSR count). The lowest BCUT2D eigenvalue weighted by atomic mass is 10.1. The van der Waals surface area contributed by atoms with E-state index in [1.807, 2.05) is 17.5 Å². The van der Waals surface area contributed by atoms with Crippen LogP contribution in [0, 0.1) is 0 Å². The summed E-state index contributed by atoms with van der Waals surface area (Å²) in [5.74, 6) is 0.745. The zero-order valence-electron chi connectivity index (χ0n) is 13.2. The molecule has 0 saturated carbocycles. The molecule has 0 bridgehead atoms. The van der Waals surface area contributed by atoms with Gasteiger partial charge in [0, 0.05) is 11.4 Å². The maximum atomic E-state index is 12.4. The SMILES string of the molecule is COc1ccc(C(=O)NCC(O)c2cccs2)c(OC)c1OC. The first kappa shape index (κ1) is 17.1. The molecule has 23 heavy (non-hydrogen) atoms. The van der Waals surface area contributed by atoms with Gasteiger partial charge in [-0.25, -0.2) is 0 Å². The fraction of sp³-hybridized carbons (Fsp3) is 0.312. The van der Waals surface area contributed by atoms with E-state index >= 15 is 0 Å². The van der Waals surface area contributed by atoms with Crippen molar-refractivity contribution in [3.63, 3.8) is 0 Å².